The largest absolute Gasteiger partial charge is 0.433 e. The molecular weight excluding hydrogens is 449 g/mol. The van der Waals surface area contributed by atoms with E-state index >= 15 is 0 Å². The Labute approximate surface area is 192 Å². The Morgan fingerprint density at radius 1 is 1.15 bits per heavy atom. The Kier molecular flexibility index (Phi) is 5.52. The number of thiophene rings is 1. The first kappa shape index (κ1) is 21.8. The Hall–Kier alpha value is -3.07. The van der Waals surface area contributed by atoms with Crippen molar-refractivity contribution in [3.05, 3.63) is 58.7 Å². The van der Waals surface area contributed by atoms with Crippen molar-refractivity contribution in [3.8, 4) is 0 Å². The smallest absolute Gasteiger partial charge is 0.382 e. The number of nitrogens with one attached hydrogen (secondary N) is 3. The molecule has 0 saturated heterocycles. The minimum Gasteiger partial charge on any atom is -0.382 e. The quantitative estimate of drug-likeness (QED) is 0.328. The summed E-state index contributed by atoms with van der Waals surface area (Å²) in [4.78, 5) is 20.9. The zero-order valence-corrected chi connectivity index (χ0v) is 18.7. The fourth-order valence-corrected chi connectivity index (χ4v) is 5.47. The number of hydrogen-bond acceptors (Lipinski definition) is 4. The number of amides is 1. The van der Waals surface area contributed by atoms with E-state index in [0.717, 1.165) is 35.5 Å². The molecule has 1 aliphatic carbocycles. The van der Waals surface area contributed by atoms with Gasteiger partial charge in [0.05, 0.1) is 15.7 Å². The summed E-state index contributed by atoms with van der Waals surface area (Å²) in [5.41, 5.74) is 1.30. The zero-order chi connectivity index (χ0) is 23.2. The highest BCUT2D eigenvalue weighted by molar-refractivity contribution is 7.19. The van der Waals surface area contributed by atoms with Crippen LogP contribution in [0.3, 0.4) is 0 Å². The van der Waals surface area contributed by atoms with Crippen molar-refractivity contribution in [1.29, 1.82) is 0 Å². The number of halogens is 3. The summed E-state index contributed by atoms with van der Waals surface area (Å²) in [7, 11) is 0. The number of rotatable bonds is 4. The number of benzene rings is 1. The van der Waals surface area contributed by atoms with Crippen LogP contribution in [0.4, 0.5) is 18.9 Å². The van der Waals surface area contributed by atoms with Gasteiger partial charge in [-0.1, -0.05) is 18.2 Å². The van der Waals surface area contributed by atoms with E-state index in [9.17, 15) is 18.0 Å². The van der Waals surface area contributed by atoms with E-state index in [4.69, 9.17) is 0 Å². The summed E-state index contributed by atoms with van der Waals surface area (Å²) >= 11 is 1.64. The number of aromatic amines is 1. The lowest BCUT2D eigenvalue weighted by molar-refractivity contribution is -0.140. The molecule has 0 unspecified atom stereocenters. The monoisotopic (exact) mass is 472 g/mol. The highest BCUT2D eigenvalue weighted by Crippen LogP contribution is 2.34. The van der Waals surface area contributed by atoms with Crippen LogP contribution >= 0.6 is 11.3 Å². The van der Waals surface area contributed by atoms with Gasteiger partial charge in [0.15, 0.2) is 0 Å². The lowest BCUT2D eigenvalue weighted by Crippen LogP contribution is -2.42. The molecule has 3 aromatic heterocycles. The number of carbonyl (C=O) groups excluding carboxylic acids is 1. The van der Waals surface area contributed by atoms with Gasteiger partial charge in [-0.3, -0.25) is 4.79 Å². The predicted molar refractivity (Wildman–Crippen MR) is 125 cm³/mol. The zero-order valence-electron chi connectivity index (χ0n) is 17.9. The molecule has 9 heteroatoms. The van der Waals surface area contributed by atoms with Crippen LogP contribution in [0, 0.1) is 6.92 Å². The third-order valence-electron chi connectivity index (χ3n) is 6.05. The Bertz CT molecular complexity index is 1290. The summed E-state index contributed by atoms with van der Waals surface area (Å²) in [6.45, 7) is 2.02. The van der Waals surface area contributed by atoms with E-state index in [0.29, 0.717) is 28.7 Å². The summed E-state index contributed by atoms with van der Waals surface area (Å²) in [6, 6.07) is 11.7. The van der Waals surface area contributed by atoms with Crippen LogP contribution in [-0.4, -0.2) is 28.0 Å². The highest BCUT2D eigenvalue weighted by atomic mass is 32.1. The van der Waals surface area contributed by atoms with Crippen LogP contribution in [0.25, 0.3) is 21.1 Å². The van der Waals surface area contributed by atoms with Crippen molar-refractivity contribution in [2.45, 2.75) is 50.9 Å². The first-order valence-electron chi connectivity index (χ1n) is 10.9. The number of pyridine rings is 1. The number of aryl methyl sites for hydroxylation is 1. The molecular formula is C24H23F3N4OS. The minimum absolute atomic E-state index is 0.0503. The first-order valence-corrected chi connectivity index (χ1v) is 11.7. The van der Waals surface area contributed by atoms with E-state index < -0.39 is 11.9 Å². The van der Waals surface area contributed by atoms with Gasteiger partial charge >= 0.3 is 6.18 Å². The predicted octanol–water partition coefficient (Wildman–Crippen LogP) is 6.26. The number of para-hydroxylation sites is 1. The summed E-state index contributed by atoms with van der Waals surface area (Å²) in [5.74, 6) is -0.157. The second-order valence-corrected chi connectivity index (χ2v) is 9.85. The second kappa shape index (κ2) is 8.37. The maximum atomic E-state index is 13.4. The standard InChI is InChI=1S/C24H23F3N4OS/c1-13-9-19-21(33-13)11-20(30-19)23(32)29-15-6-4-5-14(10-15)28-18-12-22(24(25,26)27)31-17-8-3-2-7-16(17)18/h2-3,7-9,11-12,14-15,30H,4-6,10H2,1H3,(H,28,31)(H,29,32)/t14-,15+/m0/s1. The average molecular weight is 473 g/mol. The van der Waals surface area contributed by atoms with Crippen LogP contribution in [-0.2, 0) is 6.18 Å². The molecule has 0 radical (unpaired) electrons. The van der Waals surface area contributed by atoms with Crippen LogP contribution in [0.15, 0.2) is 42.5 Å². The van der Waals surface area contributed by atoms with Crippen molar-refractivity contribution < 1.29 is 18.0 Å². The van der Waals surface area contributed by atoms with Gasteiger partial charge in [0.1, 0.15) is 11.4 Å². The number of anilines is 1. The van der Waals surface area contributed by atoms with Crippen LogP contribution in [0.5, 0.6) is 0 Å². The van der Waals surface area contributed by atoms with Crippen molar-refractivity contribution in [1.82, 2.24) is 15.3 Å². The van der Waals surface area contributed by atoms with Gasteiger partial charge in [0.2, 0.25) is 0 Å². The molecule has 4 aromatic rings. The molecule has 1 aromatic carbocycles. The lowest BCUT2D eigenvalue weighted by Gasteiger charge is -2.31. The lowest BCUT2D eigenvalue weighted by atomic mass is 9.90. The summed E-state index contributed by atoms with van der Waals surface area (Å²) in [6.07, 6.45) is -1.36. The van der Waals surface area contributed by atoms with Crippen LogP contribution in [0.1, 0.15) is 46.7 Å². The van der Waals surface area contributed by atoms with Gasteiger partial charge in [-0.15, -0.1) is 11.3 Å². The molecule has 3 N–H and O–H groups in total. The van der Waals surface area contributed by atoms with Gasteiger partial charge in [-0.2, -0.15) is 13.2 Å². The average Bonchev–Trinajstić information content (AvgIpc) is 3.31. The molecule has 1 amide bonds. The van der Waals surface area contributed by atoms with Gasteiger partial charge in [-0.25, -0.2) is 4.98 Å². The van der Waals surface area contributed by atoms with Crippen molar-refractivity contribution in [3.63, 3.8) is 0 Å². The Morgan fingerprint density at radius 3 is 2.73 bits per heavy atom. The van der Waals surface area contributed by atoms with Crippen molar-refractivity contribution in [2.75, 3.05) is 5.32 Å². The summed E-state index contributed by atoms with van der Waals surface area (Å²) < 4.78 is 41.2. The number of carbonyl (C=O) groups is 1. The third kappa shape index (κ3) is 4.55. The van der Waals surface area contributed by atoms with E-state index in [2.05, 4.69) is 20.6 Å². The normalized spacial score (nSPS) is 19.2. The Balaban J connectivity index is 1.31. The highest BCUT2D eigenvalue weighted by Gasteiger charge is 2.34. The summed E-state index contributed by atoms with van der Waals surface area (Å²) in [5, 5.41) is 7.05. The number of aromatic nitrogens is 2. The van der Waals surface area contributed by atoms with Crippen molar-refractivity contribution in [2.24, 2.45) is 0 Å². The second-order valence-electron chi connectivity index (χ2n) is 8.57. The number of hydrogen-bond donors (Lipinski definition) is 3. The van der Waals surface area contributed by atoms with Crippen LogP contribution < -0.4 is 10.6 Å². The Morgan fingerprint density at radius 2 is 1.94 bits per heavy atom. The first-order chi connectivity index (χ1) is 15.8. The third-order valence-corrected chi connectivity index (χ3v) is 7.05. The number of fused-ring (bicyclic) bond motifs is 2. The van der Waals surface area contributed by atoms with E-state index in [1.54, 1.807) is 35.6 Å². The number of nitrogens with zero attached hydrogens (tertiary/aromatic N) is 1. The molecule has 172 valence electrons. The molecule has 0 bridgehead atoms. The maximum Gasteiger partial charge on any atom is 0.433 e. The minimum atomic E-state index is -4.52. The molecule has 1 fully saturated rings. The van der Waals surface area contributed by atoms with E-state index in [1.807, 2.05) is 19.1 Å². The fourth-order valence-electron chi connectivity index (χ4n) is 4.55. The van der Waals surface area contributed by atoms with Gasteiger partial charge in [0.25, 0.3) is 5.91 Å². The fraction of sp³-hybridized carbons (Fsp3) is 0.333. The van der Waals surface area contributed by atoms with Gasteiger partial charge < -0.3 is 15.6 Å². The number of alkyl halides is 3. The molecule has 0 spiro atoms. The van der Waals surface area contributed by atoms with Gasteiger partial charge in [0, 0.05) is 28.0 Å². The SMILES string of the molecule is Cc1cc2[nH]c(C(=O)N[C@@H]3CCC[C@H](Nc4cc(C(F)(F)F)nc5ccccc45)C3)cc2s1. The van der Waals surface area contributed by atoms with Crippen molar-refractivity contribution >= 4 is 44.1 Å². The molecule has 1 saturated carbocycles. The van der Waals surface area contributed by atoms with Gasteiger partial charge in [-0.05, 0) is 56.9 Å². The van der Waals surface area contributed by atoms with Crippen LogP contribution in [0.2, 0.25) is 0 Å². The molecule has 3 heterocycles. The molecule has 33 heavy (non-hydrogen) atoms. The molecule has 5 nitrogen and oxygen atoms in total. The topological polar surface area (TPSA) is 69.8 Å². The van der Waals surface area contributed by atoms with E-state index in [-0.39, 0.29) is 18.0 Å². The molecule has 5 rings (SSSR count). The number of H-pyrrole nitrogens is 1. The molecule has 0 aliphatic heterocycles. The van der Waals surface area contributed by atoms with E-state index in [1.165, 1.54) is 4.88 Å². The molecule has 2 atom stereocenters. The molecule has 1 aliphatic rings. The maximum absolute atomic E-state index is 13.4.